The Kier molecular flexibility index (Phi) is 4.36. The number of aryl methyl sites for hydroxylation is 2. The highest BCUT2D eigenvalue weighted by atomic mass is 32.1. The highest BCUT2D eigenvalue weighted by molar-refractivity contribution is 7.12. The molecule has 0 saturated heterocycles. The number of hydrogen-bond acceptors (Lipinski definition) is 2. The summed E-state index contributed by atoms with van der Waals surface area (Å²) in [6.45, 7) is 10.8. The van der Waals surface area contributed by atoms with Crippen LogP contribution in [0.4, 0.5) is 0 Å². The number of thiophene rings is 1. The Morgan fingerprint density at radius 1 is 1.05 bits per heavy atom. The van der Waals surface area contributed by atoms with Gasteiger partial charge >= 0.3 is 0 Å². The van der Waals surface area contributed by atoms with Crippen LogP contribution in [0.15, 0.2) is 30.3 Å². The van der Waals surface area contributed by atoms with Crippen molar-refractivity contribution in [1.82, 2.24) is 0 Å². The van der Waals surface area contributed by atoms with Gasteiger partial charge in [0.2, 0.25) is 0 Å². The third-order valence-electron chi connectivity index (χ3n) is 3.40. The maximum atomic E-state index is 10.4. The molecule has 0 aliphatic rings. The lowest BCUT2D eigenvalue weighted by Gasteiger charge is -2.16. The van der Waals surface area contributed by atoms with Gasteiger partial charge in [-0.3, -0.25) is 0 Å². The Balaban J connectivity index is 2.15. The average molecular weight is 288 g/mol. The Bertz CT molecular complexity index is 569. The Labute approximate surface area is 126 Å². The number of rotatable bonds is 3. The number of benzene rings is 1. The molecule has 0 bridgehead atoms. The van der Waals surface area contributed by atoms with Gasteiger partial charge in [0.05, 0.1) is 6.10 Å². The second-order valence-corrected chi connectivity index (χ2v) is 7.78. The molecule has 1 aromatic heterocycles. The van der Waals surface area contributed by atoms with Crippen LogP contribution in [0.2, 0.25) is 0 Å². The van der Waals surface area contributed by atoms with Crippen molar-refractivity contribution in [3.05, 3.63) is 56.8 Å². The minimum Gasteiger partial charge on any atom is -0.387 e. The standard InChI is InChI=1S/C18H24OS/c1-12-8-13(2)10-14(9-12)11-15(19)16-6-7-17(20-16)18(3,4)5/h6-10,15,19H,11H2,1-5H3. The van der Waals surface area contributed by atoms with Crippen LogP contribution in [0.5, 0.6) is 0 Å². The molecule has 1 atom stereocenters. The minimum atomic E-state index is -0.405. The van der Waals surface area contributed by atoms with Crippen LogP contribution in [0.25, 0.3) is 0 Å². The van der Waals surface area contributed by atoms with Gasteiger partial charge in [-0.1, -0.05) is 50.1 Å². The molecule has 0 radical (unpaired) electrons. The van der Waals surface area contributed by atoms with E-state index in [2.05, 4.69) is 65.0 Å². The molecule has 1 unspecified atom stereocenters. The first-order valence-electron chi connectivity index (χ1n) is 7.11. The molecule has 0 spiro atoms. The SMILES string of the molecule is Cc1cc(C)cc(CC(O)c2ccc(C(C)(C)C)s2)c1. The summed E-state index contributed by atoms with van der Waals surface area (Å²) in [4.78, 5) is 2.39. The maximum Gasteiger partial charge on any atom is 0.0922 e. The monoisotopic (exact) mass is 288 g/mol. The largest absolute Gasteiger partial charge is 0.387 e. The zero-order valence-corrected chi connectivity index (χ0v) is 13.8. The fraction of sp³-hybridized carbons (Fsp3) is 0.444. The molecule has 0 amide bonds. The molecule has 2 aromatic rings. The lowest BCUT2D eigenvalue weighted by Crippen LogP contribution is -2.08. The number of aliphatic hydroxyl groups is 1. The Morgan fingerprint density at radius 3 is 2.15 bits per heavy atom. The van der Waals surface area contributed by atoms with E-state index in [0.717, 1.165) is 4.88 Å². The molecular formula is C18H24OS. The number of hydrogen-bond donors (Lipinski definition) is 1. The van der Waals surface area contributed by atoms with Crippen LogP contribution in [0.3, 0.4) is 0 Å². The van der Waals surface area contributed by atoms with Gasteiger partial charge < -0.3 is 5.11 Å². The topological polar surface area (TPSA) is 20.2 Å². The van der Waals surface area contributed by atoms with Crippen molar-refractivity contribution >= 4 is 11.3 Å². The van der Waals surface area contributed by atoms with Crippen molar-refractivity contribution in [2.75, 3.05) is 0 Å². The molecule has 1 aromatic carbocycles. The van der Waals surface area contributed by atoms with Gasteiger partial charge in [0.25, 0.3) is 0 Å². The predicted octanol–water partition coefficient (Wildman–Crippen LogP) is 4.94. The van der Waals surface area contributed by atoms with Crippen molar-refractivity contribution in [2.24, 2.45) is 0 Å². The highest BCUT2D eigenvalue weighted by Crippen LogP contribution is 2.33. The predicted molar refractivity (Wildman–Crippen MR) is 87.6 cm³/mol. The van der Waals surface area contributed by atoms with E-state index in [1.165, 1.54) is 21.6 Å². The maximum absolute atomic E-state index is 10.4. The van der Waals surface area contributed by atoms with Crippen LogP contribution in [0, 0.1) is 13.8 Å². The van der Waals surface area contributed by atoms with Crippen molar-refractivity contribution in [2.45, 2.75) is 52.6 Å². The van der Waals surface area contributed by atoms with Crippen LogP contribution in [0.1, 0.15) is 53.3 Å². The third kappa shape index (κ3) is 3.71. The van der Waals surface area contributed by atoms with Gasteiger partial charge in [0.15, 0.2) is 0 Å². The second kappa shape index (κ2) is 5.71. The van der Waals surface area contributed by atoms with Crippen molar-refractivity contribution < 1.29 is 5.11 Å². The fourth-order valence-corrected chi connectivity index (χ4v) is 3.50. The summed E-state index contributed by atoms with van der Waals surface area (Å²) in [6, 6.07) is 10.7. The Hall–Kier alpha value is -1.12. The molecule has 20 heavy (non-hydrogen) atoms. The summed E-state index contributed by atoms with van der Waals surface area (Å²) in [5, 5.41) is 10.4. The Morgan fingerprint density at radius 2 is 1.65 bits per heavy atom. The van der Waals surface area contributed by atoms with Crippen LogP contribution < -0.4 is 0 Å². The number of aliphatic hydroxyl groups excluding tert-OH is 1. The first kappa shape index (κ1) is 15.3. The summed E-state index contributed by atoms with van der Waals surface area (Å²) in [5.74, 6) is 0. The summed E-state index contributed by atoms with van der Waals surface area (Å²) >= 11 is 1.73. The molecule has 0 fully saturated rings. The molecule has 2 rings (SSSR count). The second-order valence-electron chi connectivity index (χ2n) is 6.67. The summed E-state index contributed by atoms with van der Waals surface area (Å²) < 4.78 is 0. The lowest BCUT2D eigenvalue weighted by atomic mass is 9.95. The van der Waals surface area contributed by atoms with Gasteiger partial charge in [-0.15, -0.1) is 11.3 Å². The molecule has 2 heteroatoms. The molecule has 108 valence electrons. The molecular weight excluding hydrogens is 264 g/mol. The van der Waals surface area contributed by atoms with Gasteiger partial charge in [-0.25, -0.2) is 0 Å². The highest BCUT2D eigenvalue weighted by Gasteiger charge is 2.19. The lowest BCUT2D eigenvalue weighted by molar-refractivity contribution is 0.182. The van der Waals surface area contributed by atoms with E-state index in [1.807, 2.05) is 0 Å². The first-order valence-corrected chi connectivity index (χ1v) is 7.93. The summed E-state index contributed by atoms with van der Waals surface area (Å²) in [6.07, 6.45) is 0.282. The van der Waals surface area contributed by atoms with E-state index in [4.69, 9.17) is 0 Å². The summed E-state index contributed by atoms with van der Waals surface area (Å²) in [7, 11) is 0. The smallest absolute Gasteiger partial charge is 0.0922 e. The van der Waals surface area contributed by atoms with Crippen LogP contribution in [-0.2, 0) is 11.8 Å². The van der Waals surface area contributed by atoms with E-state index in [9.17, 15) is 5.11 Å². The van der Waals surface area contributed by atoms with Crippen LogP contribution in [-0.4, -0.2) is 5.11 Å². The van der Waals surface area contributed by atoms with E-state index < -0.39 is 6.10 Å². The molecule has 1 heterocycles. The van der Waals surface area contributed by atoms with E-state index in [1.54, 1.807) is 11.3 Å². The first-order chi connectivity index (χ1) is 9.25. The van der Waals surface area contributed by atoms with Gasteiger partial charge in [0, 0.05) is 16.2 Å². The van der Waals surface area contributed by atoms with Crippen molar-refractivity contribution in [3.63, 3.8) is 0 Å². The van der Waals surface area contributed by atoms with Crippen molar-refractivity contribution in [1.29, 1.82) is 0 Å². The minimum absolute atomic E-state index is 0.155. The zero-order chi connectivity index (χ0) is 14.9. The van der Waals surface area contributed by atoms with E-state index in [-0.39, 0.29) is 5.41 Å². The zero-order valence-electron chi connectivity index (χ0n) is 13.0. The van der Waals surface area contributed by atoms with E-state index in [0.29, 0.717) is 6.42 Å². The van der Waals surface area contributed by atoms with Gasteiger partial charge in [-0.2, -0.15) is 0 Å². The van der Waals surface area contributed by atoms with Gasteiger partial charge in [0.1, 0.15) is 0 Å². The quantitative estimate of drug-likeness (QED) is 0.848. The molecule has 1 N–H and O–H groups in total. The van der Waals surface area contributed by atoms with Gasteiger partial charge in [-0.05, 0) is 37.0 Å². The molecule has 0 saturated carbocycles. The molecule has 0 aliphatic heterocycles. The summed E-state index contributed by atoms with van der Waals surface area (Å²) in [5.41, 5.74) is 3.88. The van der Waals surface area contributed by atoms with Crippen LogP contribution >= 0.6 is 11.3 Å². The molecule has 0 aliphatic carbocycles. The molecule has 1 nitrogen and oxygen atoms in total. The normalized spacial score (nSPS) is 13.5. The fourth-order valence-electron chi connectivity index (χ4n) is 2.45. The van der Waals surface area contributed by atoms with Crippen molar-refractivity contribution in [3.8, 4) is 0 Å². The third-order valence-corrected chi connectivity index (χ3v) is 5.02. The average Bonchev–Trinajstić information content (AvgIpc) is 2.75. The van der Waals surface area contributed by atoms with E-state index >= 15 is 0 Å².